The number of carbonyl (C=O) groups excluding carboxylic acids is 1. The van der Waals surface area contributed by atoms with Crippen LogP contribution in [-0.4, -0.2) is 18.8 Å². The predicted octanol–water partition coefficient (Wildman–Crippen LogP) is 3.51. The summed E-state index contributed by atoms with van der Waals surface area (Å²) in [6, 6.07) is 8.59. The summed E-state index contributed by atoms with van der Waals surface area (Å²) < 4.78 is 5.55. The van der Waals surface area contributed by atoms with Gasteiger partial charge in [0.15, 0.2) is 0 Å². The Morgan fingerprint density at radius 2 is 1.90 bits per heavy atom. The lowest BCUT2D eigenvalue weighted by molar-refractivity contribution is 0.0731. The van der Waals surface area contributed by atoms with E-state index in [0.29, 0.717) is 0 Å². The molecule has 0 heterocycles. The molecule has 0 aliphatic heterocycles. The first-order valence-electron chi connectivity index (χ1n) is 7.46. The van der Waals surface area contributed by atoms with Crippen LogP contribution in [0.15, 0.2) is 29.3 Å². The first kappa shape index (κ1) is 13.5. The van der Waals surface area contributed by atoms with E-state index >= 15 is 0 Å². The molecule has 0 amide bonds. The minimum atomic E-state index is -0.273. The molecule has 0 unspecified atom stereocenters. The summed E-state index contributed by atoms with van der Waals surface area (Å²) in [6.07, 6.45) is 9.36. The Morgan fingerprint density at radius 1 is 1.20 bits per heavy atom. The van der Waals surface area contributed by atoms with Crippen molar-refractivity contribution in [2.24, 2.45) is 4.99 Å². The van der Waals surface area contributed by atoms with E-state index in [2.05, 4.69) is 29.3 Å². The van der Waals surface area contributed by atoms with Gasteiger partial charge in [-0.25, -0.2) is 4.79 Å². The molecule has 0 saturated heterocycles. The lowest BCUT2D eigenvalue weighted by atomic mass is 9.72. The molecule has 2 aliphatic rings. The fraction of sp³-hybridized carbons (Fsp3) is 0.588. The Labute approximate surface area is 120 Å². The van der Waals surface area contributed by atoms with E-state index in [9.17, 15) is 4.79 Å². The van der Waals surface area contributed by atoms with Gasteiger partial charge in [0.25, 0.3) is 0 Å². The number of hydrogen-bond acceptors (Lipinski definition) is 3. The first-order chi connectivity index (χ1) is 9.72. The average Bonchev–Trinajstić information content (AvgIpc) is 3.22. The highest BCUT2D eigenvalue weighted by atomic mass is 16.5. The van der Waals surface area contributed by atoms with Crippen LogP contribution < -0.4 is 0 Å². The van der Waals surface area contributed by atoms with Gasteiger partial charge in [-0.1, -0.05) is 24.3 Å². The molecule has 0 aromatic heterocycles. The Kier molecular flexibility index (Phi) is 3.49. The molecule has 0 radical (unpaired) electrons. The van der Waals surface area contributed by atoms with Crippen molar-refractivity contribution < 1.29 is 9.53 Å². The summed E-state index contributed by atoms with van der Waals surface area (Å²) in [5, 5.41) is 0. The topological polar surface area (TPSA) is 38.7 Å². The molecule has 2 saturated carbocycles. The Hall–Kier alpha value is -1.44. The normalized spacial score (nSPS) is 21.6. The van der Waals surface area contributed by atoms with Crippen molar-refractivity contribution in [3.63, 3.8) is 0 Å². The molecule has 2 fully saturated rings. The van der Waals surface area contributed by atoms with Crippen molar-refractivity contribution >= 4 is 6.08 Å². The van der Waals surface area contributed by atoms with Gasteiger partial charge in [-0.15, -0.1) is 0 Å². The maximum Gasteiger partial charge on any atom is 0.235 e. The smallest absolute Gasteiger partial charge is 0.235 e. The fourth-order valence-electron chi connectivity index (χ4n) is 3.11. The Morgan fingerprint density at radius 3 is 2.35 bits per heavy atom. The van der Waals surface area contributed by atoms with Gasteiger partial charge in [0.2, 0.25) is 6.08 Å². The lowest BCUT2D eigenvalue weighted by Gasteiger charge is -2.37. The highest BCUT2D eigenvalue weighted by Crippen LogP contribution is 2.45. The second kappa shape index (κ2) is 5.16. The van der Waals surface area contributed by atoms with Gasteiger partial charge < -0.3 is 4.74 Å². The van der Waals surface area contributed by atoms with Gasteiger partial charge in [-0.05, 0) is 56.1 Å². The lowest BCUT2D eigenvalue weighted by Crippen LogP contribution is -2.31. The molecule has 1 aromatic rings. The van der Waals surface area contributed by atoms with Crippen molar-refractivity contribution in [3.8, 4) is 0 Å². The van der Waals surface area contributed by atoms with Gasteiger partial charge in [0.1, 0.15) is 0 Å². The maximum absolute atomic E-state index is 10.6. The van der Waals surface area contributed by atoms with Crippen LogP contribution in [0.3, 0.4) is 0 Å². The van der Waals surface area contributed by atoms with Gasteiger partial charge in [-0.2, -0.15) is 4.99 Å². The minimum absolute atomic E-state index is 0.162. The Balaban J connectivity index is 1.67. The van der Waals surface area contributed by atoms with Crippen molar-refractivity contribution in [1.82, 2.24) is 0 Å². The second-order valence-corrected chi connectivity index (χ2v) is 6.17. The zero-order valence-electron chi connectivity index (χ0n) is 12.0. The van der Waals surface area contributed by atoms with E-state index in [4.69, 9.17) is 4.74 Å². The van der Waals surface area contributed by atoms with Gasteiger partial charge >= 0.3 is 0 Å². The number of hydrogen-bond donors (Lipinski definition) is 0. The molecule has 3 heteroatoms. The molecule has 20 heavy (non-hydrogen) atoms. The number of methoxy groups -OCH3 is 1. The van der Waals surface area contributed by atoms with E-state index in [1.807, 2.05) is 7.11 Å². The molecule has 3 rings (SSSR count). The number of rotatable bonds is 6. The summed E-state index contributed by atoms with van der Waals surface area (Å²) in [5.74, 6) is 0. The van der Waals surface area contributed by atoms with Crippen molar-refractivity contribution in [1.29, 1.82) is 0 Å². The number of benzene rings is 1. The van der Waals surface area contributed by atoms with Crippen LogP contribution in [0.1, 0.15) is 49.7 Å². The number of isocyanates is 1. The zero-order chi connectivity index (χ0) is 14.1. The van der Waals surface area contributed by atoms with Crippen molar-refractivity contribution in [2.75, 3.05) is 7.11 Å². The quantitative estimate of drug-likeness (QED) is 0.586. The highest BCUT2D eigenvalue weighted by molar-refractivity contribution is 5.40. The number of nitrogens with zero attached hydrogens (tertiary/aromatic N) is 1. The summed E-state index contributed by atoms with van der Waals surface area (Å²) in [4.78, 5) is 14.6. The van der Waals surface area contributed by atoms with Crippen LogP contribution in [0.2, 0.25) is 0 Å². The third kappa shape index (κ3) is 2.44. The summed E-state index contributed by atoms with van der Waals surface area (Å²) in [5.41, 5.74) is 2.38. The third-order valence-electron chi connectivity index (χ3n) is 5.04. The molecule has 0 spiro atoms. The molecule has 106 valence electrons. The van der Waals surface area contributed by atoms with Crippen LogP contribution >= 0.6 is 0 Å². The summed E-state index contributed by atoms with van der Waals surface area (Å²) in [7, 11) is 1.81. The number of aryl methyl sites for hydroxylation is 1. The van der Waals surface area contributed by atoms with E-state index in [1.165, 1.54) is 18.4 Å². The molecule has 0 bridgehead atoms. The van der Waals surface area contributed by atoms with Crippen molar-refractivity contribution in [3.05, 3.63) is 35.4 Å². The van der Waals surface area contributed by atoms with E-state index in [0.717, 1.165) is 37.7 Å². The monoisotopic (exact) mass is 271 g/mol. The number of aliphatic imine (C=N–C) groups is 1. The second-order valence-electron chi connectivity index (χ2n) is 6.17. The van der Waals surface area contributed by atoms with Crippen molar-refractivity contribution in [2.45, 2.75) is 56.1 Å². The first-order valence-corrected chi connectivity index (χ1v) is 7.46. The molecule has 0 atom stereocenters. The summed E-state index contributed by atoms with van der Waals surface area (Å²) >= 11 is 0. The average molecular weight is 271 g/mol. The minimum Gasteiger partial charge on any atom is -0.378 e. The van der Waals surface area contributed by atoms with Gasteiger partial charge in [0, 0.05) is 7.11 Å². The molecular weight excluding hydrogens is 250 g/mol. The number of ether oxygens (including phenoxy) is 1. The fourth-order valence-corrected chi connectivity index (χ4v) is 3.11. The Bertz CT molecular complexity index is 520. The van der Waals surface area contributed by atoms with Crippen LogP contribution in [0.4, 0.5) is 0 Å². The molecule has 2 aliphatic carbocycles. The maximum atomic E-state index is 10.6. The van der Waals surface area contributed by atoms with Crippen LogP contribution in [0, 0.1) is 0 Å². The van der Waals surface area contributed by atoms with E-state index in [-0.39, 0.29) is 11.1 Å². The third-order valence-corrected chi connectivity index (χ3v) is 5.04. The molecule has 0 N–H and O–H groups in total. The predicted molar refractivity (Wildman–Crippen MR) is 77.4 cm³/mol. The van der Waals surface area contributed by atoms with Gasteiger partial charge in [0.05, 0.1) is 11.1 Å². The van der Waals surface area contributed by atoms with E-state index < -0.39 is 0 Å². The molecular formula is C17H21NO2. The van der Waals surface area contributed by atoms with Crippen LogP contribution in [-0.2, 0) is 21.5 Å². The van der Waals surface area contributed by atoms with Crippen LogP contribution in [0.5, 0.6) is 0 Å². The molecule has 1 aromatic carbocycles. The van der Waals surface area contributed by atoms with Crippen LogP contribution in [0.25, 0.3) is 0 Å². The largest absolute Gasteiger partial charge is 0.378 e. The van der Waals surface area contributed by atoms with E-state index in [1.54, 1.807) is 6.08 Å². The molecule has 3 nitrogen and oxygen atoms in total. The summed E-state index contributed by atoms with van der Waals surface area (Å²) in [6.45, 7) is 0. The standard InChI is InChI=1S/C17H21NO2/c1-20-16(11-12-16)10-7-14-3-5-15(6-4-14)17(18-13-19)8-2-9-17/h3-6H,2,7-12H2,1H3. The SMILES string of the molecule is COC1(CCc2ccc(C3(N=C=O)CCC3)cc2)CC1. The van der Waals surface area contributed by atoms with Gasteiger partial charge in [-0.3, -0.25) is 0 Å². The zero-order valence-corrected chi connectivity index (χ0v) is 12.0. The highest BCUT2D eigenvalue weighted by Gasteiger charge is 2.42.